The maximum atomic E-state index is 9.57. The molecule has 3 rings (SSSR count). The molecular weight excluding hydrogens is 352 g/mol. The van der Waals surface area contributed by atoms with Crippen LogP contribution in [-0.2, 0) is 6.61 Å². The van der Waals surface area contributed by atoms with Gasteiger partial charge in [0.15, 0.2) is 0 Å². The fourth-order valence-electron chi connectivity index (χ4n) is 2.14. The van der Waals surface area contributed by atoms with E-state index >= 15 is 0 Å². The molecule has 3 nitrogen and oxygen atoms in total. The summed E-state index contributed by atoms with van der Waals surface area (Å²) in [5.74, 6) is 0. The van der Waals surface area contributed by atoms with Crippen molar-refractivity contribution in [2.24, 2.45) is 0 Å². The standard InChI is InChI=1S/C16H12BrClN2O/c17-13-7-5-11(6-8-13)16-12(10-21)9-20(19-16)15-4-2-1-3-14(15)18/h1-9,21H,10H2. The normalized spacial score (nSPS) is 10.8. The second kappa shape index (κ2) is 6.02. The minimum absolute atomic E-state index is 0.0736. The van der Waals surface area contributed by atoms with Crippen LogP contribution in [0.1, 0.15) is 5.56 Å². The largest absolute Gasteiger partial charge is 0.392 e. The molecule has 21 heavy (non-hydrogen) atoms. The van der Waals surface area contributed by atoms with Crippen LogP contribution in [0.3, 0.4) is 0 Å². The van der Waals surface area contributed by atoms with Crippen molar-refractivity contribution in [2.75, 3.05) is 0 Å². The van der Waals surface area contributed by atoms with Crippen LogP contribution in [0.4, 0.5) is 0 Å². The molecular formula is C16H12BrClN2O. The van der Waals surface area contributed by atoms with Gasteiger partial charge in [-0.1, -0.05) is 51.8 Å². The molecule has 0 saturated carbocycles. The first-order valence-corrected chi connectivity index (χ1v) is 7.56. The van der Waals surface area contributed by atoms with Crippen LogP contribution in [0.2, 0.25) is 5.02 Å². The summed E-state index contributed by atoms with van der Waals surface area (Å²) in [6, 6.07) is 15.3. The summed E-state index contributed by atoms with van der Waals surface area (Å²) in [6.45, 7) is -0.0736. The quantitative estimate of drug-likeness (QED) is 0.746. The number of aliphatic hydroxyl groups is 1. The molecule has 106 valence electrons. The Balaban J connectivity index is 2.11. The lowest BCUT2D eigenvalue weighted by molar-refractivity contribution is 0.282. The Kier molecular flexibility index (Phi) is 4.10. The highest BCUT2D eigenvalue weighted by Crippen LogP contribution is 2.27. The number of para-hydroxylation sites is 1. The van der Waals surface area contributed by atoms with E-state index in [1.54, 1.807) is 10.9 Å². The summed E-state index contributed by atoms with van der Waals surface area (Å²) < 4.78 is 2.70. The zero-order chi connectivity index (χ0) is 14.8. The van der Waals surface area contributed by atoms with Gasteiger partial charge in [-0.05, 0) is 24.3 Å². The number of aliphatic hydroxyl groups excluding tert-OH is 1. The minimum Gasteiger partial charge on any atom is -0.392 e. The van der Waals surface area contributed by atoms with E-state index in [1.807, 2.05) is 48.5 Å². The lowest BCUT2D eigenvalue weighted by atomic mass is 10.1. The number of nitrogens with zero attached hydrogens (tertiary/aromatic N) is 2. The number of hydrogen-bond acceptors (Lipinski definition) is 2. The molecule has 1 N–H and O–H groups in total. The average molecular weight is 364 g/mol. The molecule has 1 heterocycles. The van der Waals surface area contributed by atoms with Gasteiger partial charge < -0.3 is 5.11 Å². The van der Waals surface area contributed by atoms with Gasteiger partial charge in [-0.3, -0.25) is 0 Å². The molecule has 0 aliphatic heterocycles. The summed E-state index contributed by atoms with van der Waals surface area (Å²) in [5, 5.41) is 14.8. The Morgan fingerprint density at radius 2 is 1.81 bits per heavy atom. The summed E-state index contributed by atoms with van der Waals surface area (Å²) in [6.07, 6.45) is 1.80. The van der Waals surface area contributed by atoms with Gasteiger partial charge in [-0.25, -0.2) is 4.68 Å². The Hall–Kier alpha value is -1.62. The van der Waals surface area contributed by atoms with Crippen LogP contribution < -0.4 is 0 Å². The third-order valence-electron chi connectivity index (χ3n) is 3.18. The highest BCUT2D eigenvalue weighted by molar-refractivity contribution is 9.10. The molecule has 1 aromatic heterocycles. The zero-order valence-corrected chi connectivity index (χ0v) is 13.3. The molecule has 0 bridgehead atoms. The Morgan fingerprint density at radius 3 is 2.48 bits per heavy atom. The molecule has 0 aliphatic rings. The van der Waals surface area contributed by atoms with Crippen molar-refractivity contribution in [1.29, 1.82) is 0 Å². The summed E-state index contributed by atoms with van der Waals surface area (Å²) >= 11 is 9.61. The van der Waals surface area contributed by atoms with E-state index in [4.69, 9.17) is 11.6 Å². The zero-order valence-electron chi connectivity index (χ0n) is 11.0. The first kappa shape index (κ1) is 14.3. The smallest absolute Gasteiger partial charge is 0.0982 e. The maximum absolute atomic E-state index is 9.57. The summed E-state index contributed by atoms with van der Waals surface area (Å²) in [4.78, 5) is 0. The SMILES string of the molecule is OCc1cn(-c2ccccc2Cl)nc1-c1ccc(Br)cc1. The second-order valence-electron chi connectivity index (χ2n) is 4.56. The van der Waals surface area contributed by atoms with Crippen molar-refractivity contribution in [1.82, 2.24) is 9.78 Å². The Bertz CT molecular complexity index is 768. The molecule has 5 heteroatoms. The predicted octanol–water partition coefficient (Wildman–Crippen LogP) is 4.45. The molecule has 2 aromatic carbocycles. The van der Waals surface area contributed by atoms with Crippen LogP contribution in [0, 0.1) is 0 Å². The van der Waals surface area contributed by atoms with Crippen LogP contribution in [0.15, 0.2) is 59.2 Å². The van der Waals surface area contributed by atoms with Crippen LogP contribution in [0.5, 0.6) is 0 Å². The third-order valence-corrected chi connectivity index (χ3v) is 4.03. The number of hydrogen-bond donors (Lipinski definition) is 1. The molecule has 0 fully saturated rings. The van der Waals surface area contributed by atoms with Gasteiger partial charge in [-0.15, -0.1) is 0 Å². The highest BCUT2D eigenvalue weighted by Gasteiger charge is 2.12. The van der Waals surface area contributed by atoms with E-state index in [1.165, 1.54) is 0 Å². The number of halogens is 2. The highest BCUT2D eigenvalue weighted by atomic mass is 79.9. The van der Waals surface area contributed by atoms with E-state index in [0.29, 0.717) is 5.02 Å². The van der Waals surface area contributed by atoms with Gasteiger partial charge in [0.25, 0.3) is 0 Å². The minimum atomic E-state index is -0.0736. The van der Waals surface area contributed by atoms with Crippen LogP contribution in [-0.4, -0.2) is 14.9 Å². The van der Waals surface area contributed by atoms with Gasteiger partial charge in [0.2, 0.25) is 0 Å². The van der Waals surface area contributed by atoms with Crippen LogP contribution >= 0.6 is 27.5 Å². The summed E-state index contributed by atoms with van der Waals surface area (Å²) in [5.41, 5.74) is 3.26. The lowest BCUT2D eigenvalue weighted by Crippen LogP contribution is -1.95. The number of aromatic nitrogens is 2. The van der Waals surface area contributed by atoms with E-state index in [9.17, 15) is 5.11 Å². The molecule has 0 saturated heterocycles. The van der Waals surface area contributed by atoms with Crippen molar-refractivity contribution < 1.29 is 5.11 Å². The maximum Gasteiger partial charge on any atom is 0.0982 e. The molecule has 3 aromatic rings. The van der Waals surface area contributed by atoms with Crippen molar-refractivity contribution >= 4 is 27.5 Å². The van der Waals surface area contributed by atoms with Crippen molar-refractivity contribution in [3.63, 3.8) is 0 Å². The fourth-order valence-corrected chi connectivity index (χ4v) is 2.62. The van der Waals surface area contributed by atoms with E-state index in [-0.39, 0.29) is 6.61 Å². The van der Waals surface area contributed by atoms with Crippen molar-refractivity contribution in [3.8, 4) is 16.9 Å². The average Bonchev–Trinajstić information content (AvgIpc) is 2.92. The molecule has 0 radical (unpaired) electrons. The van der Waals surface area contributed by atoms with Gasteiger partial charge in [-0.2, -0.15) is 5.10 Å². The van der Waals surface area contributed by atoms with Gasteiger partial charge in [0.05, 0.1) is 23.0 Å². The predicted molar refractivity (Wildman–Crippen MR) is 87.6 cm³/mol. The molecule has 0 spiro atoms. The first-order valence-electron chi connectivity index (χ1n) is 6.39. The van der Waals surface area contributed by atoms with Gasteiger partial charge in [0.1, 0.15) is 0 Å². The van der Waals surface area contributed by atoms with Crippen LogP contribution in [0.25, 0.3) is 16.9 Å². The Morgan fingerprint density at radius 1 is 1.10 bits per heavy atom. The van der Waals surface area contributed by atoms with E-state index < -0.39 is 0 Å². The Labute approximate surface area is 135 Å². The fraction of sp³-hybridized carbons (Fsp3) is 0.0625. The van der Waals surface area contributed by atoms with E-state index in [2.05, 4.69) is 21.0 Å². The van der Waals surface area contributed by atoms with Crippen molar-refractivity contribution in [2.45, 2.75) is 6.61 Å². The van der Waals surface area contributed by atoms with Crippen molar-refractivity contribution in [3.05, 3.63) is 69.8 Å². The van der Waals surface area contributed by atoms with Gasteiger partial charge in [0, 0.05) is 21.8 Å². The monoisotopic (exact) mass is 362 g/mol. The lowest BCUT2D eigenvalue weighted by Gasteiger charge is -2.03. The molecule has 0 atom stereocenters. The van der Waals surface area contributed by atoms with E-state index in [0.717, 1.165) is 27.0 Å². The number of benzene rings is 2. The number of rotatable bonds is 3. The molecule has 0 aliphatic carbocycles. The first-order chi connectivity index (χ1) is 10.2. The second-order valence-corrected chi connectivity index (χ2v) is 5.89. The van der Waals surface area contributed by atoms with Gasteiger partial charge >= 0.3 is 0 Å². The molecule has 0 unspecified atom stereocenters. The third kappa shape index (κ3) is 2.88. The topological polar surface area (TPSA) is 38.0 Å². The molecule has 0 amide bonds. The summed E-state index contributed by atoms with van der Waals surface area (Å²) in [7, 11) is 0.